The summed E-state index contributed by atoms with van der Waals surface area (Å²) < 4.78 is 5.73. The van der Waals surface area contributed by atoms with Gasteiger partial charge >= 0.3 is 5.69 Å². The first-order valence-corrected chi connectivity index (χ1v) is 8.38. The molecule has 0 radical (unpaired) electrons. The van der Waals surface area contributed by atoms with Crippen LogP contribution in [0.2, 0.25) is 0 Å². The summed E-state index contributed by atoms with van der Waals surface area (Å²) in [5.41, 5.74) is 1.34. The number of aromatic nitrogens is 5. The SMILES string of the molecule is Cn1c(=O)[nH]c(=O)c2c1nc1n(CCO)c(-c3ccc(Br)cc3)cn21. The van der Waals surface area contributed by atoms with E-state index in [1.165, 1.54) is 4.57 Å². The van der Waals surface area contributed by atoms with Gasteiger partial charge in [0, 0.05) is 24.3 Å². The maximum atomic E-state index is 12.3. The molecule has 0 saturated heterocycles. The smallest absolute Gasteiger partial charge is 0.329 e. The van der Waals surface area contributed by atoms with E-state index in [2.05, 4.69) is 25.9 Å². The average molecular weight is 404 g/mol. The van der Waals surface area contributed by atoms with Crippen molar-refractivity contribution in [3.8, 4) is 11.3 Å². The number of benzene rings is 1. The molecule has 0 unspecified atom stereocenters. The molecule has 0 saturated carbocycles. The number of aromatic amines is 1. The Bertz CT molecular complexity index is 1210. The molecule has 8 nitrogen and oxygen atoms in total. The van der Waals surface area contributed by atoms with Gasteiger partial charge in [0.15, 0.2) is 11.2 Å². The summed E-state index contributed by atoms with van der Waals surface area (Å²) in [7, 11) is 1.55. The second-order valence-electron chi connectivity index (χ2n) is 5.67. The van der Waals surface area contributed by atoms with Gasteiger partial charge in [-0.15, -0.1) is 0 Å². The quantitative estimate of drug-likeness (QED) is 0.535. The van der Waals surface area contributed by atoms with E-state index >= 15 is 0 Å². The van der Waals surface area contributed by atoms with Gasteiger partial charge in [-0.2, -0.15) is 4.98 Å². The lowest BCUT2D eigenvalue weighted by Crippen LogP contribution is -2.28. The third-order valence-electron chi connectivity index (χ3n) is 4.18. The molecule has 0 aliphatic rings. The number of hydrogen-bond acceptors (Lipinski definition) is 4. The van der Waals surface area contributed by atoms with Crippen LogP contribution in [0.1, 0.15) is 0 Å². The molecule has 0 aliphatic carbocycles. The van der Waals surface area contributed by atoms with Gasteiger partial charge < -0.3 is 9.67 Å². The molecule has 0 aliphatic heterocycles. The third-order valence-corrected chi connectivity index (χ3v) is 4.71. The van der Waals surface area contributed by atoms with Gasteiger partial charge in [0.1, 0.15) is 0 Å². The first-order valence-electron chi connectivity index (χ1n) is 7.58. The fourth-order valence-corrected chi connectivity index (χ4v) is 3.24. The minimum absolute atomic E-state index is 0.0770. The molecular formula is C16H14BrN5O3. The predicted octanol–water partition coefficient (Wildman–Crippen LogP) is 1.10. The van der Waals surface area contributed by atoms with Crippen LogP contribution in [0.4, 0.5) is 0 Å². The highest BCUT2D eigenvalue weighted by atomic mass is 79.9. The van der Waals surface area contributed by atoms with Gasteiger partial charge in [-0.3, -0.25) is 18.7 Å². The van der Waals surface area contributed by atoms with Crippen LogP contribution in [-0.2, 0) is 13.6 Å². The number of nitrogens with one attached hydrogen (secondary N) is 1. The normalized spacial score (nSPS) is 11.6. The van der Waals surface area contributed by atoms with Crippen LogP contribution in [0.3, 0.4) is 0 Å². The number of aliphatic hydroxyl groups excluding tert-OH is 1. The van der Waals surface area contributed by atoms with Gasteiger partial charge in [-0.05, 0) is 17.7 Å². The molecule has 25 heavy (non-hydrogen) atoms. The van der Waals surface area contributed by atoms with Crippen molar-refractivity contribution in [3.63, 3.8) is 0 Å². The Labute approximate surface area is 149 Å². The molecule has 0 bridgehead atoms. The first-order chi connectivity index (χ1) is 12.0. The van der Waals surface area contributed by atoms with Crippen molar-refractivity contribution in [2.45, 2.75) is 6.54 Å². The van der Waals surface area contributed by atoms with Gasteiger partial charge in [0.05, 0.1) is 12.3 Å². The summed E-state index contributed by atoms with van der Waals surface area (Å²) in [6, 6.07) is 7.72. The van der Waals surface area contributed by atoms with Crippen LogP contribution in [0.5, 0.6) is 0 Å². The topological polar surface area (TPSA) is 97.3 Å². The Balaban J connectivity index is 2.10. The Morgan fingerprint density at radius 3 is 2.64 bits per heavy atom. The second kappa shape index (κ2) is 5.71. The number of nitrogens with zero attached hydrogens (tertiary/aromatic N) is 4. The lowest BCUT2D eigenvalue weighted by atomic mass is 10.2. The molecular weight excluding hydrogens is 390 g/mol. The highest BCUT2D eigenvalue weighted by Gasteiger charge is 2.19. The molecule has 4 aromatic rings. The first kappa shape index (κ1) is 15.9. The van der Waals surface area contributed by atoms with Gasteiger partial charge in [0.25, 0.3) is 5.56 Å². The fraction of sp³-hybridized carbons (Fsp3) is 0.188. The summed E-state index contributed by atoms with van der Waals surface area (Å²) >= 11 is 3.41. The third kappa shape index (κ3) is 2.35. The minimum atomic E-state index is -0.514. The molecule has 2 N–H and O–H groups in total. The van der Waals surface area contributed by atoms with E-state index in [-0.39, 0.29) is 6.61 Å². The highest BCUT2D eigenvalue weighted by molar-refractivity contribution is 9.10. The van der Waals surface area contributed by atoms with E-state index < -0.39 is 11.2 Å². The number of aryl methyl sites for hydroxylation is 1. The van der Waals surface area contributed by atoms with Crippen molar-refractivity contribution in [1.82, 2.24) is 23.5 Å². The molecule has 0 amide bonds. The molecule has 3 heterocycles. The standard InChI is InChI=1S/C16H14BrN5O3/c1-20-13-12(14(24)19-16(20)25)22-8-11(9-2-4-10(17)5-3-9)21(6-7-23)15(22)18-13/h2-5,8,23H,6-7H2,1H3,(H,19,24,25). The lowest BCUT2D eigenvalue weighted by molar-refractivity contribution is 0.278. The van der Waals surface area contributed by atoms with Gasteiger partial charge in [-0.1, -0.05) is 28.1 Å². The van der Waals surface area contributed by atoms with Crippen molar-refractivity contribution >= 4 is 32.9 Å². The number of H-pyrrole nitrogens is 1. The van der Waals surface area contributed by atoms with Gasteiger partial charge in [-0.25, -0.2) is 4.79 Å². The van der Waals surface area contributed by atoms with E-state index in [1.54, 1.807) is 17.6 Å². The Morgan fingerprint density at radius 2 is 1.96 bits per heavy atom. The van der Waals surface area contributed by atoms with E-state index in [4.69, 9.17) is 0 Å². The molecule has 0 spiro atoms. The molecule has 128 valence electrons. The molecule has 0 atom stereocenters. The van der Waals surface area contributed by atoms with E-state index in [1.807, 2.05) is 28.8 Å². The van der Waals surface area contributed by atoms with Crippen LogP contribution in [0.25, 0.3) is 28.2 Å². The molecule has 4 rings (SSSR count). The maximum absolute atomic E-state index is 12.3. The van der Waals surface area contributed by atoms with Crippen LogP contribution >= 0.6 is 15.9 Å². The summed E-state index contributed by atoms with van der Waals surface area (Å²) in [6.07, 6.45) is 1.79. The van der Waals surface area contributed by atoms with Crippen LogP contribution in [0, 0.1) is 0 Å². The molecule has 1 aromatic carbocycles. The van der Waals surface area contributed by atoms with Crippen molar-refractivity contribution in [3.05, 3.63) is 55.8 Å². The van der Waals surface area contributed by atoms with E-state index in [9.17, 15) is 14.7 Å². The number of fused-ring (bicyclic) bond motifs is 3. The zero-order chi connectivity index (χ0) is 17.7. The minimum Gasteiger partial charge on any atom is -0.395 e. The van der Waals surface area contributed by atoms with Crippen molar-refractivity contribution in [2.75, 3.05) is 6.61 Å². The Hall–Kier alpha value is -2.65. The zero-order valence-electron chi connectivity index (χ0n) is 13.2. The Morgan fingerprint density at radius 1 is 1.24 bits per heavy atom. The maximum Gasteiger partial charge on any atom is 0.329 e. The zero-order valence-corrected chi connectivity index (χ0v) is 14.8. The summed E-state index contributed by atoms with van der Waals surface area (Å²) in [6.45, 7) is 0.240. The van der Waals surface area contributed by atoms with E-state index in [0.717, 1.165) is 15.7 Å². The van der Waals surface area contributed by atoms with Crippen LogP contribution in [-0.4, -0.2) is 35.2 Å². The van der Waals surface area contributed by atoms with Crippen molar-refractivity contribution in [1.29, 1.82) is 0 Å². The van der Waals surface area contributed by atoms with Crippen LogP contribution < -0.4 is 11.2 Å². The summed E-state index contributed by atoms with van der Waals surface area (Å²) in [5, 5.41) is 9.45. The summed E-state index contributed by atoms with van der Waals surface area (Å²) in [4.78, 5) is 30.8. The van der Waals surface area contributed by atoms with Gasteiger partial charge in [0.2, 0.25) is 5.78 Å². The van der Waals surface area contributed by atoms with E-state index in [0.29, 0.717) is 23.5 Å². The highest BCUT2D eigenvalue weighted by Crippen LogP contribution is 2.26. The molecule has 9 heteroatoms. The monoisotopic (exact) mass is 403 g/mol. The summed E-state index contributed by atoms with van der Waals surface area (Å²) in [5.74, 6) is 0.494. The largest absolute Gasteiger partial charge is 0.395 e. The van der Waals surface area contributed by atoms with Crippen LogP contribution in [0.15, 0.2) is 44.5 Å². The molecule has 3 aromatic heterocycles. The van der Waals surface area contributed by atoms with Crippen molar-refractivity contribution in [2.24, 2.45) is 7.05 Å². The number of hydrogen-bond donors (Lipinski definition) is 2. The lowest BCUT2D eigenvalue weighted by Gasteiger charge is -2.07. The average Bonchev–Trinajstić information content (AvgIpc) is 3.11. The second-order valence-corrected chi connectivity index (χ2v) is 6.58. The Kier molecular flexibility index (Phi) is 3.62. The number of aliphatic hydroxyl groups is 1. The fourth-order valence-electron chi connectivity index (χ4n) is 2.97. The number of rotatable bonds is 3. The molecule has 0 fully saturated rings. The number of imidazole rings is 2. The number of halogens is 1. The van der Waals surface area contributed by atoms with Crippen molar-refractivity contribution < 1.29 is 5.11 Å². The predicted molar refractivity (Wildman–Crippen MR) is 96.8 cm³/mol.